The normalized spacial score (nSPS) is 12.5. The zero-order valence-electron chi connectivity index (χ0n) is 16.0. The lowest BCUT2D eigenvalue weighted by atomic mass is 10.0. The Morgan fingerprint density at radius 2 is 1.29 bits per heavy atom. The first-order valence-corrected chi connectivity index (χ1v) is 10.0. The summed E-state index contributed by atoms with van der Waals surface area (Å²) in [5, 5.41) is 17.7. The minimum Gasteiger partial charge on any atom is -0.463 e. The molecule has 0 unspecified atom stereocenters. The molecule has 0 aliphatic rings. The van der Waals surface area contributed by atoms with Crippen LogP contribution in [0.2, 0.25) is 0 Å². The summed E-state index contributed by atoms with van der Waals surface area (Å²) in [4.78, 5) is 11.4. The van der Waals surface area contributed by atoms with Crippen LogP contribution in [0.1, 0.15) is 97.3 Å². The van der Waals surface area contributed by atoms with Crippen molar-refractivity contribution in [2.75, 3.05) is 13.2 Å². The van der Waals surface area contributed by atoms with Crippen LogP contribution in [0.25, 0.3) is 0 Å². The molecule has 0 rings (SSSR count). The molecule has 1 atom stereocenters. The quantitative estimate of drug-likeness (QED) is 0.299. The van der Waals surface area contributed by atoms with Crippen molar-refractivity contribution in [3.8, 4) is 0 Å². The molecule has 0 aromatic heterocycles. The average molecular weight is 345 g/mol. The molecule has 144 valence electrons. The van der Waals surface area contributed by atoms with E-state index in [2.05, 4.69) is 13.8 Å². The highest BCUT2D eigenvalue weighted by Gasteiger charge is 2.07. The Hall–Kier alpha value is -0.610. The molecule has 0 spiro atoms. The molecular formula is C20H40O4. The minimum absolute atomic E-state index is 0.104. The fourth-order valence-electron chi connectivity index (χ4n) is 2.73. The smallest absolute Gasteiger partial charge is 0.305 e. The van der Waals surface area contributed by atoms with Crippen LogP contribution < -0.4 is 0 Å². The number of carbonyl (C=O) groups is 1. The van der Waals surface area contributed by atoms with Crippen LogP contribution in [0.4, 0.5) is 0 Å². The van der Waals surface area contributed by atoms with Gasteiger partial charge in [0.25, 0.3) is 0 Å². The topological polar surface area (TPSA) is 66.8 Å². The van der Waals surface area contributed by atoms with Crippen molar-refractivity contribution in [2.24, 2.45) is 5.92 Å². The molecule has 0 aliphatic heterocycles. The lowest BCUT2D eigenvalue weighted by Crippen LogP contribution is -2.21. The van der Waals surface area contributed by atoms with Crippen molar-refractivity contribution in [2.45, 2.75) is 103 Å². The maximum Gasteiger partial charge on any atom is 0.305 e. The SMILES string of the molecule is CC(C)CCCCCCCCCCCCCC(=O)OC[C@H](O)CO. The largest absolute Gasteiger partial charge is 0.463 e. The molecule has 0 bridgehead atoms. The molecule has 0 fully saturated rings. The summed E-state index contributed by atoms with van der Waals surface area (Å²) >= 11 is 0. The van der Waals surface area contributed by atoms with Crippen molar-refractivity contribution < 1.29 is 19.7 Å². The van der Waals surface area contributed by atoms with E-state index in [-0.39, 0.29) is 19.2 Å². The number of carbonyl (C=O) groups excluding carboxylic acids is 1. The number of ether oxygens (including phenoxy) is 1. The summed E-state index contributed by atoms with van der Waals surface area (Å²) in [5.74, 6) is 0.568. The fraction of sp³-hybridized carbons (Fsp3) is 0.950. The second-order valence-electron chi connectivity index (χ2n) is 7.34. The van der Waals surface area contributed by atoms with Gasteiger partial charge in [0.1, 0.15) is 12.7 Å². The van der Waals surface area contributed by atoms with E-state index in [1.165, 1.54) is 64.2 Å². The van der Waals surface area contributed by atoms with E-state index in [9.17, 15) is 4.79 Å². The van der Waals surface area contributed by atoms with E-state index in [0.29, 0.717) is 6.42 Å². The fourth-order valence-corrected chi connectivity index (χ4v) is 2.73. The standard InChI is InChI=1S/C20H40O4/c1-18(2)14-12-10-8-6-4-3-5-7-9-11-13-15-20(23)24-17-19(22)16-21/h18-19,21-22H,3-17H2,1-2H3/t19-/m1/s1. The first-order valence-electron chi connectivity index (χ1n) is 10.0. The van der Waals surface area contributed by atoms with Gasteiger partial charge in [0.15, 0.2) is 0 Å². The molecule has 4 nitrogen and oxygen atoms in total. The third kappa shape index (κ3) is 17.7. The van der Waals surface area contributed by atoms with Gasteiger partial charge in [-0.3, -0.25) is 4.79 Å². The summed E-state index contributed by atoms with van der Waals surface area (Å²) in [5.41, 5.74) is 0. The van der Waals surface area contributed by atoms with E-state index >= 15 is 0 Å². The van der Waals surface area contributed by atoms with Crippen molar-refractivity contribution in [1.82, 2.24) is 0 Å². The van der Waals surface area contributed by atoms with Crippen LogP contribution >= 0.6 is 0 Å². The molecule has 0 aromatic carbocycles. The first kappa shape index (κ1) is 23.4. The summed E-state index contributed by atoms with van der Waals surface area (Å²) in [7, 11) is 0. The van der Waals surface area contributed by atoms with Gasteiger partial charge in [-0.05, 0) is 12.3 Å². The highest BCUT2D eigenvalue weighted by Crippen LogP contribution is 2.14. The number of rotatable bonds is 17. The van der Waals surface area contributed by atoms with Gasteiger partial charge in [-0.2, -0.15) is 0 Å². The van der Waals surface area contributed by atoms with Crippen LogP contribution in [0.3, 0.4) is 0 Å². The maximum absolute atomic E-state index is 11.4. The second kappa shape index (κ2) is 17.2. The number of aliphatic hydroxyl groups is 2. The molecular weight excluding hydrogens is 304 g/mol. The van der Waals surface area contributed by atoms with Gasteiger partial charge in [0.2, 0.25) is 0 Å². The van der Waals surface area contributed by atoms with E-state index in [0.717, 1.165) is 18.8 Å². The van der Waals surface area contributed by atoms with Crippen molar-refractivity contribution in [3.63, 3.8) is 0 Å². The average Bonchev–Trinajstić information content (AvgIpc) is 2.56. The number of hydrogen-bond acceptors (Lipinski definition) is 4. The first-order chi connectivity index (χ1) is 11.6. The summed E-state index contributed by atoms with van der Waals surface area (Å²) < 4.78 is 4.86. The van der Waals surface area contributed by atoms with Crippen molar-refractivity contribution >= 4 is 5.97 Å². The van der Waals surface area contributed by atoms with E-state index in [1.54, 1.807) is 0 Å². The van der Waals surface area contributed by atoms with Crippen LogP contribution in [0.15, 0.2) is 0 Å². The monoisotopic (exact) mass is 344 g/mol. The Morgan fingerprint density at radius 3 is 1.75 bits per heavy atom. The van der Waals surface area contributed by atoms with Gasteiger partial charge in [-0.15, -0.1) is 0 Å². The third-order valence-electron chi connectivity index (χ3n) is 4.31. The lowest BCUT2D eigenvalue weighted by Gasteiger charge is -2.08. The molecule has 0 aromatic rings. The molecule has 0 amide bonds. The van der Waals surface area contributed by atoms with Crippen molar-refractivity contribution in [3.05, 3.63) is 0 Å². The Labute approximate surface area is 149 Å². The van der Waals surface area contributed by atoms with Gasteiger partial charge in [0.05, 0.1) is 6.61 Å². The van der Waals surface area contributed by atoms with Gasteiger partial charge >= 0.3 is 5.97 Å². The Morgan fingerprint density at radius 1 is 0.833 bits per heavy atom. The van der Waals surface area contributed by atoms with Gasteiger partial charge < -0.3 is 14.9 Å². The zero-order valence-corrected chi connectivity index (χ0v) is 16.0. The molecule has 0 heterocycles. The molecule has 24 heavy (non-hydrogen) atoms. The van der Waals surface area contributed by atoms with Crippen LogP contribution in [0.5, 0.6) is 0 Å². The van der Waals surface area contributed by atoms with Crippen LogP contribution in [-0.2, 0) is 9.53 Å². The summed E-state index contributed by atoms with van der Waals surface area (Å²) in [6.45, 7) is 4.12. The maximum atomic E-state index is 11.4. The van der Waals surface area contributed by atoms with E-state index in [1.807, 2.05) is 0 Å². The number of hydrogen-bond donors (Lipinski definition) is 2. The van der Waals surface area contributed by atoms with Crippen LogP contribution in [-0.4, -0.2) is 35.5 Å². The highest BCUT2D eigenvalue weighted by molar-refractivity contribution is 5.69. The molecule has 0 saturated carbocycles. The van der Waals surface area contributed by atoms with Crippen LogP contribution in [0, 0.1) is 5.92 Å². The van der Waals surface area contributed by atoms with Gasteiger partial charge in [-0.25, -0.2) is 0 Å². The van der Waals surface area contributed by atoms with Crippen molar-refractivity contribution in [1.29, 1.82) is 0 Å². The molecule has 0 radical (unpaired) electrons. The molecule has 0 aliphatic carbocycles. The highest BCUT2D eigenvalue weighted by atomic mass is 16.5. The van der Waals surface area contributed by atoms with Gasteiger partial charge in [-0.1, -0.05) is 84.5 Å². The summed E-state index contributed by atoms with van der Waals surface area (Å²) in [6.07, 6.45) is 14.7. The number of unbranched alkanes of at least 4 members (excludes halogenated alkanes) is 10. The van der Waals surface area contributed by atoms with Gasteiger partial charge in [0, 0.05) is 6.42 Å². The number of esters is 1. The molecule has 0 saturated heterocycles. The zero-order chi connectivity index (χ0) is 18.0. The minimum atomic E-state index is -0.954. The lowest BCUT2D eigenvalue weighted by molar-refractivity contribution is -0.147. The Bertz CT molecular complexity index is 279. The Balaban J connectivity index is 3.16. The van der Waals surface area contributed by atoms with E-state index < -0.39 is 6.10 Å². The summed E-state index contributed by atoms with van der Waals surface area (Å²) in [6, 6.07) is 0. The second-order valence-corrected chi connectivity index (χ2v) is 7.34. The number of aliphatic hydroxyl groups excluding tert-OH is 2. The predicted molar refractivity (Wildman–Crippen MR) is 98.9 cm³/mol. The molecule has 2 N–H and O–H groups in total. The van der Waals surface area contributed by atoms with E-state index in [4.69, 9.17) is 14.9 Å². The third-order valence-corrected chi connectivity index (χ3v) is 4.31. The predicted octanol–water partition coefficient (Wildman–Crippen LogP) is 4.61. The molecule has 4 heteroatoms. The Kier molecular flexibility index (Phi) is 16.8.